The highest BCUT2D eigenvalue weighted by atomic mass is 16.1. The molecule has 1 saturated carbocycles. The fourth-order valence-electron chi connectivity index (χ4n) is 2.91. The molecule has 1 aliphatic rings. The van der Waals surface area contributed by atoms with E-state index in [1.165, 1.54) is 31.2 Å². The fraction of sp³-hybridized carbons (Fsp3) is 0.611. The van der Waals surface area contributed by atoms with Gasteiger partial charge in [0.05, 0.1) is 12.6 Å². The lowest BCUT2D eigenvalue weighted by atomic mass is 9.99. The summed E-state index contributed by atoms with van der Waals surface area (Å²) in [6, 6.07) is 9.13. The largest absolute Gasteiger partial charge is 0.348 e. The highest BCUT2D eigenvalue weighted by Crippen LogP contribution is 2.19. The van der Waals surface area contributed by atoms with Crippen molar-refractivity contribution in [3.8, 4) is 0 Å². The summed E-state index contributed by atoms with van der Waals surface area (Å²) in [6.45, 7) is 6.85. The third-order valence-electron chi connectivity index (χ3n) is 4.39. The average Bonchev–Trinajstić information content (AvgIpc) is 2.98. The van der Waals surface area contributed by atoms with Crippen molar-refractivity contribution in [1.29, 1.82) is 0 Å². The molecule has 1 aromatic rings. The Morgan fingerprint density at radius 1 is 1.10 bits per heavy atom. The SMILES string of the molecule is CC(C)c1ccc(C(C)NC(=O)CNC2CCCC2)cc1. The molecule has 0 radical (unpaired) electrons. The maximum absolute atomic E-state index is 12.0. The van der Waals surface area contributed by atoms with Gasteiger partial charge in [-0.25, -0.2) is 0 Å². The van der Waals surface area contributed by atoms with Crippen molar-refractivity contribution in [2.24, 2.45) is 0 Å². The maximum Gasteiger partial charge on any atom is 0.234 e. The maximum atomic E-state index is 12.0. The number of carbonyl (C=O) groups excluding carboxylic acids is 1. The second-order valence-electron chi connectivity index (χ2n) is 6.47. The summed E-state index contributed by atoms with van der Waals surface area (Å²) < 4.78 is 0. The van der Waals surface area contributed by atoms with Crippen molar-refractivity contribution < 1.29 is 4.79 Å². The van der Waals surface area contributed by atoms with Crippen molar-refractivity contribution in [3.05, 3.63) is 35.4 Å². The van der Waals surface area contributed by atoms with Gasteiger partial charge in [-0.2, -0.15) is 0 Å². The number of hydrogen-bond donors (Lipinski definition) is 2. The molecule has 1 aliphatic carbocycles. The molecular formula is C18H28N2O. The Balaban J connectivity index is 1.79. The van der Waals surface area contributed by atoms with Gasteiger partial charge in [0, 0.05) is 6.04 Å². The molecule has 2 N–H and O–H groups in total. The molecule has 1 aromatic carbocycles. The van der Waals surface area contributed by atoms with Crippen molar-refractivity contribution in [1.82, 2.24) is 10.6 Å². The Morgan fingerprint density at radius 2 is 1.67 bits per heavy atom. The molecular weight excluding hydrogens is 260 g/mol. The molecule has 0 spiro atoms. The minimum atomic E-state index is 0.0593. The van der Waals surface area contributed by atoms with E-state index in [9.17, 15) is 4.79 Å². The van der Waals surface area contributed by atoms with Crippen LogP contribution in [-0.4, -0.2) is 18.5 Å². The van der Waals surface area contributed by atoms with E-state index in [0.29, 0.717) is 18.5 Å². The molecule has 0 saturated heterocycles. The molecule has 0 aromatic heterocycles. The van der Waals surface area contributed by atoms with Gasteiger partial charge in [0.25, 0.3) is 0 Å². The number of amides is 1. The van der Waals surface area contributed by atoms with Gasteiger partial charge in [-0.05, 0) is 36.8 Å². The minimum absolute atomic E-state index is 0.0593. The normalized spacial score (nSPS) is 17.1. The Morgan fingerprint density at radius 3 is 2.24 bits per heavy atom. The molecule has 3 heteroatoms. The molecule has 1 atom stereocenters. The van der Waals surface area contributed by atoms with E-state index in [1.807, 2.05) is 6.92 Å². The predicted octanol–water partition coefficient (Wildman–Crippen LogP) is 3.52. The zero-order valence-corrected chi connectivity index (χ0v) is 13.5. The second-order valence-corrected chi connectivity index (χ2v) is 6.47. The molecule has 2 rings (SSSR count). The van der Waals surface area contributed by atoms with E-state index >= 15 is 0 Å². The molecule has 21 heavy (non-hydrogen) atoms. The van der Waals surface area contributed by atoms with Crippen molar-refractivity contribution in [2.75, 3.05) is 6.54 Å². The van der Waals surface area contributed by atoms with Crippen LogP contribution in [0.3, 0.4) is 0 Å². The van der Waals surface area contributed by atoms with E-state index in [4.69, 9.17) is 0 Å². The number of benzene rings is 1. The van der Waals surface area contributed by atoms with Gasteiger partial charge in [0.15, 0.2) is 0 Å². The summed E-state index contributed by atoms with van der Waals surface area (Å²) in [4.78, 5) is 12.0. The number of hydrogen-bond acceptors (Lipinski definition) is 2. The molecule has 116 valence electrons. The lowest BCUT2D eigenvalue weighted by molar-refractivity contribution is -0.121. The number of nitrogens with one attached hydrogen (secondary N) is 2. The van der Waals surface area contributed by atoms with Crippen LogP contribution in [0.5, 0.6) is 0 Å². The van der Waals surface area contributed by atoms with Crippen LogP contribution in [0, 0.1) is 0 Å². The van der Waals surface area contributed by atoms with Crippen LogP contribution in [-0.2, 0) is 4.79 Å². The first-order chi connectivity index (χ1) is 10.1. The van der Waals surface area contributed by atoms with Crippen LogP contribution < -0.4 is 10.6 Å². The molecule has 0 bridgehead atoms. The third-order valence-corrected chi connectivity index (χ3v) is 4.39. The summed E-state index contributed by atoms with van der Waals surface area (Å²) in [5.74, 6) is 0.627. The first-order valence-corrected chi connectivity index (χ1v) is 8.19. The lowest BCUT2D eigenvalue weighted by Gasteiger charge is -2.17. The predicted molar refractivity (Wildman–Crippen MR) is 87.3 cm³/mol. The Kier molecular flexibility index (Phi) is 5.80. The van der Waals surface area contributed by atoms with E-state index < -0.39 is 0 Å². The van der Waals surface area contributed by atoms with Gasteiger partial charge in [-0.3, -0.25) is 4.79 Å². The van der Waals surface area contributed by atoms with Gasteiger partial charge in [0.1, 0.15) is 0 Å². The van der Waals surface area contributed by atoms with Crippen molar-refractivity contribution in [2.45, 2.75) is 64.5 Å². The number of carbonyl (C=O) groups is 1. The van der Waals surface area contributed by atoms with Crippen molar-refractivity contribution in [3.63, 3.8) is 0 Å². The molecule has 0 heterocycles. The van der Waals surface area contributed by atoms with Crippen LogP contribution in [0.2, 0.25) is 0 Å². The van der Waals surface area contributed by atoms with Crippen LogP contribution in [0.25, 0.3) is 0 Å². The van der Waals surface area contributed by atoms with Crippen LogP contribution >= 0.6 is 0 Å². The summed E-state index contributed by atoms with van der Waals surface area (Å²) in [5, 5.41) is 6.42. The second kappa shape index (κ2) is 7.60. The highest BCUT2D eigenvalue weighted by Gasteiger charge is 2.16. The molecule has 0 aliphatic heterocycles. The van der Waals surface area contributed by atoms with Gasteiger partial charge in [-0.15, -0.1) is 0 Å². The Hall–Kier alpha value is -1.35. The van der Waals surface area contributed by atoms with Gasteiger partial charge < -0.3 is 10.6 Å². The average molecular weight is 288 g/mol. The summed E-state index contributed by atoms with van der Waals surface area (Å²) >= 11 is 0. The molecule has 3 nitrogen and oxygen atoms in total. The van der Waals surface area contributed by atoms with E-state index in [1.54, 1.807) is 0 Å². The first-order valence-electron chi connectivity index (χ1n) is 8.19. The highest BCUT2D eigenvalue weighted by molar-refractivity contribution is 5.78. The van der Waals surface area contributed by atoms with Gasteiger partial charge in [0.2, 0.25) is 5.91 Å². The monoisotopic (exact) mass is 288 g/mol. The summed E-state index contributed by atoms with van der Waals surface area (Å²) in [5.41, 5.74) is 2.49. The van der Waals surface area contributed by atoms with Gasteiger partial charge in [-0.1, -0.05) is 51.0 Å². The molecule has 1 unspecified atom stereocenters. The first kappa shape index (κ1) is 16.0. The Labute approximate surface area is 128 Å². The number of rotatable bonds is 6. The van der Waals surface area contributed by atoms with Crippen LogP contribution in [0.1, 0.15) is 69.5 Å². The topological polar surface area (TPSA) is 41.1 Å². The smallest absolute Gasteiger partial charge is 0.234 e. The zero-order chi connectivity index (χ0) is 15.2. The van der Waals surface area contributed by atoms with Crippen LogP contribution in [0.15, 0.2) is 24.3 Å². The standard InChI is InChI=1S/C18H28N2O/c1-13(2)15-8-10-16(11-9-15)14(3)20-18(21)12-19-17-6-4-5-7-17/h8-11,13-14,17,19H,4-7,12H2,1-3H3,(H,20,21). The van der Waals surface area contributed by atoms with E-state index in [2.05, 4.69) is 48.7 Å². The minimum Gasteiger partial charge on any atom is -0.348 e. The molecule has 1 amide bonds. The van der Waals surface area contributed by atoms with E-state index in [-0.39, 0.29) is 11.9 Å². The van der Waals surface area contributed by atoms with Gasteiger partial charge >= 0.3 is 0 Å². The zero-order valence-electron chi connectivity index (χ0n) is 13.5. The quantitative estimate of drug-likeness (QED) is 0.841. The fourth-order valence-corrected chi connectivity index (χ4v) is 2.91. The van der Waals surface area contributed by atoms with Crippen LogP contribution in [0.4, 0.5) is 0 Å². The van der Waals surface area contributed by atoms with Crippen molar-refractivity contribution >= 4 is 5.91 Å². The summed E-state index contributed by atoms with van der Waals surface area (Å²) in [6.07, 6.45) is 4.99. The molecule has 1 fully saturated rings. The lowest BCUT2D eigenvalue weighted by Crippen LogP contribution is -2.39. The third kappa shape index (κ3) is 4.85. The Bertz CT molecular complexity index is 447. The van der Waals surface area contributed by atoms with E-state index in [0.717, 1.165) is 5.56 Å². The summed E-state index contributed by atoms with van der Waals surface area (Å²) in [7, 11) is 0.